The predicted molar refractivity (Wildman–Crippen MR) is 142 cm³/mol. The molecule has 0 spiro atoms. The fourth-order valence-electron chi connectivity index (χ4n) is 4.69. The first kappa shape index (κ1) is 25.5. The molecule has 1 aliphatic heterocycles. The zero-order valence-electron chi connectivity index (χ0n) is 22.2. The Morgan fingerprint density at radius 1 is 1.08 bits per heavy atom. The van der Waals surface area contributed by atoms with Gasteiger partial charge in [-0.05, 0) is 76.1 Å². The highest BCUT2D eigenvalue weighted by atomic mass is 19.1. The van der Waals surface area contributed by atoms with Crippen LogP contribution in [0.1, 0.15) is 38.8 Å². The zero-order chi connectivity index (χ0) is 27.0. The zero-order valence-corrected chi connectivity index (χ0v) is 22.2. The van der Waals surface area contributed by atoms with Crippen LogP contribution in [-0.2, 0) is 4.74 Å². The van der Waals surface area contributed by atoms with E-state index in [0.717, 1.165) is 34.1 Å². The Kier molecular flexibility index (Phi) is 6.69. The van der Waals surface area contributed by atoms with Gasteiger partial charge in [0.2, 0.25) is 5.82 Å². The maximum atomic E-state index is 14.5. The molecule has 0 radical (unpaired) electrons. The topological polar surface area (TPSA) is 78.7 Å². The molecule has 9 heteroatoms. The number of methoxy groups -OCH3 is 1. The maximum absolute atomic E-state index is 14.5. The molecule has 198 valence electrons. The molecule has 2 aromatic carbocycles. The Bertz CT molecular complexity index is 1480. The summed E-state index contributed by atoms with van der Waals surface area (Å²) in [5.41, 5.74) is 3.11. The highest BCUT2D eigenvalue weighted by molar-refractivity contribution is 5.94. The number of aromatic nitrogens is 3. The van der Waals surface area contributed by atoms with E-state index in [1.54, 1.807) is 35.2 Å². The van der Waals surface area contributed by atoms with Crippen LogP contribution >= 0.6 is 0 Å². The highest BCUT2D eigenvalue weighted by Gasteiger charge is 2.32. The lowest BCUT2D eigenvalue weighted by molar-refractivity contribution is 0.0288. The molecule has 3 heterocycles. The molecule has 1 aliphatic rings. The van der Waals surface area contributed by atoms with Crippen molar-refractivity contribution >= 4 is 17.0 Å². The fraction of sp³-hybridized carbons (Fsp3) is 0.345. The number of pyridine rings is 1. The van der Waals surface area contributed by atoms with E-state index in [0.29, 0.717) is 18.8 Å². The van der Waals surface area contributed by atoms with Crippen molar-refractivity contribution in [3.8, 4) is 28.5 Å². The number of carbonyl (C=O) groups is 1. The number of halogens is 1. The minimum absolute atomic E-state index is 0.0125. The molecular formula is C29H31FN4O4. The molecule has 8 nitrogen and oxygen atoms in total. The molecule has 0 aliphatic carbocycles. The van der Waals surface area contributed by atoms with Crippen molar-refractivity contribution in [1.82, 2.24) is 19.7 Å². The van der Waals surface area contributed by atoms with Crippen LogP contribution in [0, 0.1) is 12.7 Å². The Morgan fingerprint density at radius 3 is 2.53 bits per heavy atom. The Balaban J connectivity index is 1.43. The van der Waals surface area contributed by atoms with Crippen LogP contribution in [0.3, 0.4) is 0 Å². The molecule has 0 N–H and O–H groups in total. The maximum Gasteiger partial charge on any atom is 0.410 e. The first-order valence-corrected chi connectivity index (χ1v) is 12.6. The molecule has 1 amide bonds. The third-order valence-corrected chi connectivity index (χ3v) is 6.46. The molecule has 38 heavy (non-hydrogen) atoms. The smallest absolute Gasteiger partial charge is 0.410 e. The van der Waals surface area contributed by atoms with E-state index in [-0.39, 0.29) is 23.6 Å². The number of rotatable bonds is 5. The summed E-state index contributed by atoms with van der Waals surface area (Å²) in [5.74, 6) is 0.142. The van der Waals surface area contributed by atoms with Gasteiger partial charge in [0.1, 0.15) is 17.0 Å². The predicted octanol–water partition coefficient (Wildman–Crippen LogP) is 6.53. The first-order valence-electron chi connectivity index (χ1n) is 12.6. The number of carbonyl (C=O) groups excluding carboxylic acids is 1. The van der Waals surface area contributed by atoms with E-state index in [1.165, 1.54) is 7.11 Å². The summed E-state index contributed by atoms with van der Waals surface area (Å²) in [6.45, 7) is 8.74. The third kappa shape index (κ3) is 5.01. The van der Waals surface area contributed by atoms with Gasteiger partial charge in [0.15, 0.2) is 11.5 Å². The molecule has 1 atom stereocenters. The van der Waals surface area contributed by atoms with Crippen molar-refractivity contribution in [2.45, 2.75) is 45.8 Å². The van der Waals surface area contributed by atoms with Crippen LogP contribution in [0.2, 0.25) is 0 Å². The van der Waals surface area contributed by atoms with Crippen molar-refractivity contribution < 1.29 is 23.4 Å². The summed E-state index contributed by atoms with van der Waals surface area (Å²) < 4.78 is 32.9. The quantitative estimate of drug-likeness (QED) is 0.299. The van der Waals surface area contributed by atoms with Gasteiger partial charge in [0.05, 0.1) is 18.7 Å². The van der Waals surface area contributed by atoms with E-state index in [2.05, 4.69) is 4.98 Å². The minimum Gasteiger partial charge on any atom is -0.494 e. The van der Waals surface area contributed by atoms with Crippen LogP contribution in [0.15, 0.2) is 54.9 Å². The van der Waals surface area contributed by atoms with Crippen molar-refractivity contribution in [2.24, 2.45) is 0 Å². The lowest BCUT2D eigenvalue weighted by Crippen LogP contribution is -2.35. The van der Waals surface area contributed by atoms with E-state index >= 15 is 0 Å². The molecular weight excluding hydrogens is 487 g/mol. The molecule has 4 aromatic rings. The van der Waals surface area contributed by atoms with Crippen molar-refractivity contribution in [3.05, 3.63) is 66.2 Å². The number of nitrogens with zero attached hydrogens (tertiary/aromatic N) is 4. The average molecular weight is 519 g/mol. The van der Waals surface area contributed by atoms with E-state index in [4.69, 9.17) is 19.3 Å². The summed E-state index contributed by atoms with van der Waals surface area (Å²) >= 11 is 0. The van der Waals surface area contributed by atoms with Crippen molar-refractivity contribution in [1.29, 1.82) is 0 Å². The van der Waals surface area contributed by atoms with E-state index in [1.807, 2.05) is 56.9 Å². The van der Waals surface area contributed by atoms with E-state index < -0.39 is 11.4 Å². The summed E-state index contributed by atoms with van der Waals surface area (Å²) in [6, 6.07) is 12.1. The molecule has 5 rings (SSSR count). The van der Waals surface area contributed by atoms with Crippen LogP contribution < -0.4 is 9.47 Å². The average Bonchev–Trinajstić information content (AvgIpc) is 3.51. The van der Waals surface area contributed by atoms with Gasteiger partial charge in [0.25, 0.3) is 0 Å². The van der Waals surface area contributed by atoms with Gasteiger partial charge in [-0.25, -0.2) is 4.79 Å². The summed E-state index contributed by atoms with van der Waals surface area (Å²) in [5, 5.41) is 5.93. The third-order valence-electron chi connectivity index (χ3n) is 6.46. The minimum atomic E-state index is -0.553. The normalized spacial score (nSPS) is 15.6. The Morgan fingerprint density at radius 2 is 1.82 bits per heavy atom. The first-order chi connectivity index (χ1) is 18.1. The number of ether oxygens (including phenoxy) is 3. The lowest BCUT2D eigenvalue weighted by atomic mass is 10.1. The molecule has 1 saturated heterocycles. The number of benzene rings is 2. The second-order valence-electron chi connectivity index (χ2n) is 10.4. The SMILES string of the molecule is COc1cccc(Oc2ccc(-c3nn([C@@H]4CCN(C(=O)OC(C)(C)C)C4)c4c(C)cncc34)cc2)c1F. The summed E-state index contributed by atoms with van der Waals surface area (Å²) in [7, 11) is 1.41. The summed E-state index contributed by atoms with van der Waals surface area (Å²) in [4.78, 5) is 18.8. The second kappa shape index (κ2) is 9.96. The van der Waals surface area contributed by atoms with Gasteiger partial charge in [-0.1, -0.05) is 6.07 Å². The summed E-state index contributed by atoms with van der Waals surface area (Å²) in [6.07, 6.45) is 4.11. The standard InChI is InChI=1S/C29H31FN4O4/c1-18-15-31-16-22-26(19-9-11-21(12-10-19)37-24-8-6-7-23(36-5)25(24)30)32-34(27(18)22)20-13-14-33(17-20)28(35)38-29(2,3)4/h6-12,15-16,20H,13-14,17H2,1-5H3/t20-/m1/s1. The Hall–Kier alpha value is -4.14. The van der Waals surface area contributed by atoms with Gasteiger partial charge in [-0.2, -0.15) is 9.49 Å². The van der Waals surface area contributed by atoms with Crippen molar-refractivity contribution in [2.75, 3.05) is 20.2 Å². The van der Waals surface area contributed by atoms with Gasteiger partial charge < -0.3 is 19.1 Å². The van der Waals surface area contributed by atoms with Crippen LogP contribution in [0.4, 0.5) is 9.18 Å². The van der Waals surface area contributed by atoms with Crippen LogP contribution in [0.25, 0.3) is 22.2 Å². The van der Waals surface area contributed by atoms with Gasteiger partial charge in [0, 0.05) is 36.4 Å². The number of hydrogen-bond acceptors (Lipinski definition) is 6. The van der Waals surface area contributed by atoms with Crippen LogP contribution in [0.5, 0.6) is 17.2 Å². The Labute approximate surface area is 220 Å². The number of amides is 1. The lowest BCUT2D eigenvalue weighted by Gasteiger charge is -2.24. The molecule has 1 fully saturated rings. The van der Waals surface area contributed by atoms with Gasteiger partial charge in [-0.3, -0.25) is 9.67 Å². The fourth-order valence-corrected chi connectivity index (χ4v) is 4.69. The number of hydrogen-bond donors (Lipinski definition) is 0. The molecule has 0 unspecified atom stereocenters. The monoisotopic (exact) mass is 518 g/mol. The van der Waals surface area contributed by atoms with Crippen molar-refractivity contribution in [3.63, 3.8) is 0 Å². The molecule has 2 aromatic heterocycles. The number of likely N-dealkylation sites (tertiary alicyclic amines) is 1. The van der Waals surface area contributed by atoms with Gasteiger partial charge in [-0.15, -0.1) is 0 Å². The second-order valence-corrected chi connectivity index (χ2v) is 10.4. The highest BCUT2D eigenvalue weighted by Crippen LogP contribution is 2.36. The molecule has 0 bridgehead atoms. The molecule has 0 saturated carbocycles. The van der Waals surface area contributed by atoms with Crippen LogP contribution in [-0.4, -0.2) is 51.6 Å². The number of fused-ring (bicyclic) bond motifs is 1. The number of aryl methyl sites for hydroxylation is 1. The van der Waals surface area contributed by atoms with E-state index in [9.17, 15) is 9.18 Å². The largest absolute Gasteiger partial charge is 0.494 e. The van der Waals surface area contributed by atoms with Gasteiger partial charge >= 0.3 is 6.09 Å².